The van der Waals surface area contributed by atoms with Crippen LogP contribution in [0.15, 0.2) is 30.3 Å². The minimum absolute atomic E-state index is 0.586. The highest BCUT2D eigenvalue weighted by Crippen LogP contribution is 2.12. The van der Waals surface area contributed by atoms with E-state index in [2.05, 4.69) is 5.32 Å². The van der Waals surface area contributed by atoms with Crippen LogP contribution < -0.4 is 10.1 Å². The van der Waals surface area contributed by atoms with Gasteiger partial charge in [0.15, 0.2) is 6.04 Å². The summed E-state index contributed by atoms with van der Waals surface area (Å²) in [5.41, 5.74) is 0.770. The van der Waals surface area contributed by atoms with Crippen molar-refractivity contribution >= 4 is 18.0 Å². The van der Waals surface area contributed by atoms with E-state index in [-0.39, 0.29) is 0 Å². The van der Waals surface area contributed by atoms with Crippen molar-refractivity contribution < 1.29 is 24.5 Å². The Hall–Kier alpha value is -2.34. The molecule has 1 aromatic carbocycles. The van der Waals surface area contributed by atoms with Crippen molar-refractivity contribution in [1.82, 2.24) is 5.32 Å². The van der Waals surface area contributed by atoms with Crippen molar-refractivity contribution in [2.75, 3.05) is 13.7 Å². The first-order valence-corrected chi connectivity index (χ1v) is 5.53. The fourth-order valence-electron chi connectivity index (χ4n) is 1.29. The maximum absolute atomic E-state index is 11.4. The highest BCUT2D eigenvalue weighted by atomic mass is 16.5. The monoisotopic (exact) mass is 265 g/mol. The second-order valence-corrected chi connectivity index (χ2v) is 3.69. The van der Waals surface area contributed by atoms with Crippen molar-refractivity contribution in [3.63, 3.8) is 0 Å². The molecule has 0 bridgehead atoms. The van der Waals surface area contributed by atoms with Crippen LogP contribution in [0.25, 0.3) is 6.08 Å². The van der Waals surface area contributed by atoms with Gasteiger partial charge in [-0.15, -0.1) is 0 Å². The summed E-state index contributed by atoms with van der Waals surface area (Å²) in [5.74, 6) is -1.17. The van der Waals surface area contributed by atoms with Gasteiger partial charge in [0.25, 0.3) is 0 Å². The third-order valence-electron chi connectivity index (χ3n) is 2.34. The number of benzene rings is 1. The van der Waals surface area contributed by atoms with Gasteiger partial charge in [0.05, 0.1) is 13.7 Å². The molecule has 0 saturated carbocycles. The van der Waals surface area contributed by atoms with Gasteiger partial charge >= 0.3 is 5.97 Å². The number of amides is 1. The number of methoxy groups -OCH3 is 1. The van der Waals surface area contributed by atoms with Crippen LogP contribution in [0.1, 0.15) is 5.56 Å². The van der Waals surface area contributed by atoms with Gasteiger partial charge in [-0.25, -0.2) is 4.79 Å². The van der Waals surface area contributed by atoms with Gasteiger partial charge in [-0.2, -0.15) is 0 Å². The zero-order chi connectivity index (χ0) is 14.3. The van der Waals surface area contributed by atoms with E-state index < -0.39 is 24.5 Å². The number of hydrogen-bond acceptors (Lipinski definition) is 4. The average Bonchev–Trinajstić information content (AvgIpc) is 2.42. The maximum atomic E-state index is 11.4. The van der Waals surface area contributed by atoms with Crippen LogP contribution in [-0.4, -0.2) is 41.8 Å². The third kappa shape index (κ3) is 4.81. The Morgan fingerprint density at radius 1 is 1.37 bits per heavy atom. The van der Waals surface area contributed by atoms with Gasteiger partial charge in [0, 0.05) is 6.08 Å². The second-order valence-electron chi connectivity index (χ2n) is 3.69. The number of aliphatic hydroxyl groups excluding tert-OH is 1. The van der Waals surface area contributed by atoms with Crippen LogP contribution in [0.5, 0.6) is 5.75 Å². The SMILES string of the molecule is COc1ccc(/C=C/C(=O)N[C@@H](CO)C(=O)O)cc1. The summed E-state index contributed by atoms with van der Waals surface area (Å²) < 4.78 is 4.99. The van der Waals surface area contributed by atoms with Crippen LogP contribution in [0, 0.1) is 0 Å². The van der Waals surface area contributed by atoms with Gasteiger partial charge in [0.1, 0.15) is 5.75 Å². The van der Waals surface area contributed by atoms with Crippen molar-refractivity contribution in [2.24, 2.45) is 0 Å². The average molecular weight is 265 g/mol. The topological polar surface area (TPSA) is 95.9 Å². The van der Waals surface area contributed by atoms with Crippen LogP contribution >= 0.6 is 0 Å². The Balaban J connectivity index is 2.59. The summed E-state index contributed by atoms with van der Waals surface area (Å²) >= 11 is 0. The largest absolute Gasteiger partial charge is 0.497 e. The van der Waals surface area contributed by atoms with E-state index in [1.54, 1.807) is 31.4 Å². The van der Waals surface area contributed by atoms with Gasteiger partial charge in [-0.05, 0) is 23.8 Å². The van der Waals surface area contributed by atoms with Crippen molar-refractivity contribution in [1.29, 1.82) is 0 Å². The molecule has 0 aliphatic heterocycles. The molecule has 0 aliphatic carbocycles. The molecule has 0 aromatic heterocycles. The summed E-state index contributed by atoms with van der Waals surface area (Å²) in [7, 11) is 1.55. The fourth-order valence-corrected chi connectivity index (χ4v) is 1.29. The Kier molecular flexibility index (Phi) is 5.56. The lowest BCUT2D eigenvalue weighted by Crippen LogP contribution is -2.42. The first-order valence-electron chi connectivity index (χ1n) is 5.53. The molecule has 1 rings (SSSR count). The van der Waals surface area contributed by atoms with Crippen molar-refractivity contribution in [3.8, 4) is 5.75 Å². The molecule has 6 heteroatoms. The first kappa shape index (κ1) is 14.7. The molecular formula is C13H15NO5. The molecule has 0 unspecified atom stereocenters. The quantitative estimate of drug-likeness (QED) is 0.642. The predicted octanol–water partition coefficient (Wildman–Crippen LogP) is 0.270. The molecule has 0 aliphatic rings. The van der Waals surface area contributed by atoms with Crippen LogP contribution in [0.4, 0.5) is 0 Å². The molecule has 19 heavy (non-hydrogen) atoms. The summed E-state index contributed by atoms with van der Waals surface area (Å²) in [6.07, 6.45) is 2.73. The molecule has 102 valence electrons. The van der Waals surface area contributed by atoms with Crippen LogP contribution in [0.3, 0.4) is 0 Å². The zero-order valence-corrected chi connectivity index (χ0v) is 10.4. The molecule has 3 N–H and O–H groups in total. The molecule has 1 aromatic rings. The number of carbonyl (C=O) groups excluding carboxylic acids is 1. The van der Waals surface area contributed by atoms with Gasteiger partial charge < -0.3 is 20.3 Å². The van der Waals surface area contributed by atoms with Crippen molar-refractivity contribution in [3.05, 3.63) is 35.9 Å². The molecule has 0 radical (unpaired) electrons. The molecule has 0 saturated heterocycles. The molecule has 0 heterocycles. The lowest BCUT2D eigenvalue weighted by Gasteiger charge is -2.09. The summed E-state index contributed by atoms with van der Waals surface area (Å²) in [6, 6.07) is 5.69. The van der Waals surface area contributed by atoms with Gasteiger partial charge in [-0.3, -0.25) is 4.79 Å². The third-order valence-corrected chi connectivity index (χ3v) is 2.34. The van der Waals surface area contributed by atoms with E-state index in [4.69, 9.17) is 14.9 Å². The molecule has 1 atom stereocenters. The first-order chi connectivity index (χ1) is 9.06. The molecule has 1 amide bonds. The minimum Gasteiger partial charge on any atom is -0.497 e. The molecule has 0 spiro atoms. The standard InChI is InChI=1S/C13H15NO5/c1-19-10-5-2-9(3-6-10)4-7-12(16)14-11(8-15)13(17)18/h2-7,11,15H,8H2,1H3,(H,14,16)(H,17,18)/b7-4+/t11-/m0/s1. The zero-order valence-electron chi connectivity index (χ0n) is 10.4. The number of hydrogen-bond donors (Lipinski definition) is 3. The number of carboxylic acids is 1. The molecule has 6 nitrogen and oxygen atoms in total. The summed E-state index contributed by atoms with van der Waals surface area (Å²) in [6.45, 7) is -0.655. The number of carbonyl (C=O) groups is 2. The van der Waals surface area contributed by atoms with Crippen LogP contribution in [0.2, 0.25) is 0 Å². The number of rotatable bonds is 6. The van der Waals surface area contributed by atoms with E-state index in [0.717, 1.165) is 5.56 Å². The normalized spacial score (nSPS) is 12.1. The Bertz CT molecular complexity index is 466. The summed E-state index contributed by atoms with van der Waals surface area (Å²) in [5, 5.41) is 19.6. The van der Waals surface area contributed by atoms with E-state index in [9.17, 15) is 9.59 Å². The number of ether oxygens (including phenoxy) is 1. The maximum Gasteiger partial charge on any atom is 0.328 e. The predicted molar refractivity (Wildman–Crippen MR) is 68.7 cm³/mol. The van der Waals surface area contributed by atoms with E-state index in [1.807, 2.05) is 0 Å². The lowest BCUT2D eigenvalue weighted by molar-refractivity contribution is -0.142. The number of nitrogens with one attached hydrogen (secondary N) is 1. The Labute approximate surface area is 110 Å². The van der Waals surface area contributed by atoms with E-state index in [0.29, 0.717) is 5.75 Å². The van der Waals surface area contributed by atoms with Gasteiger partial charge in [0.2, 0.25) is 5.91 Å². The smallest absolute Gasteiger partial charge is 0.328 e. The number of carboxylic acid groups (broad SMARTS) is 1. The Morgan fingerprint density at radius 2 is 2.00 bits per heavy atom. The number of aliphatic hydroxyl groups is 1. The highest BCUT2D eigenvalue weighted by molar-refractivity contribution is 5.94. The highest BCUT2D eigenvalue weighted by Gasteiger charge is 2.16. The van der Waals surface area contributed by atoms with Gasteiger partial charge in [-0.1, -0.05) is 12.1 Å². The molecule has 0 fully saturated rings. The van der Waals surface area contributed by atoms with E-state index >= 15 is 0 Å². The van der Waals surface area contributed by atoms with E-state index in [1.165, 1.54) is 12.2 Å². The Morgan fingerprint density at radius 3 is 2.47 bits per heavy atom. The second kappa shape index (κ2) is 7.17. The number of aliphatic carboxylic acids is 1. The van der Waals surface area contributed by atoms with Crippen LogP contribution in [-0.2, 0) is 9.59 Å². The summed E-state index contributed by atoms with van der Waals surface area (Å²) in [4.78, 5) is 22.0. The lowest BCUT2D eigenvalue weighted by atomic mass is 10.2. The fraction of sp³-hybridized carbons (Fsp3) is 0.231. The minimum atomic E-state index is -1.30. The molecular weight excluding hydrogens is 250 g/mol. The van der Waals surface area contributed by atoms with Crippen molar-refractivity contribution in [2.45, 2.75) is 6.04 Å².